The van der Waals surface area contributed by atoms with Gasteiger partial charge in [-0.15, -0.1) is 0 Å². The molecule has 2 amide bonds. The van der Waals surface area contributed by atoms with E-state index in [-0.39, 0.29) is 30.6 Å². The van der Waals surface area contributed by atoms with Gasteiger partial charge in [-0.1, -0.05) is 11.6 Å². The number of aromatic nitrogens is 3. The number of piperidine rings is 1. The molecule has 206 valence electrons. The van der Waals surface area contributed by atoms with Crippen LogP contribution in [0.1, 0.15) is 61.9 Å². The molecule has 13 heteroatoms. The Morgan fingerprint density at radius 2 is 1.92 bits per heavy atom. The molecule has 3 aliphatic rings. The second-order valence-corrected chi connectivity index (χ2v) is 11.0. The second-order valence-electron chi connectivity index (χ2n) is 10.6. The summed E-state index contributed by atoms with van der Waals surface area (Å²) in [4.78, 5) is 32.2. The van der Waals surface area contributed by atoms with E-state index in [2.05, 4.69) is 20.5 Å². The van der Waals surface area contributed by atoms with Crippen molar-refractivity contribution in [2.45, 2.75) is 74.7 Å². The highest BCUT2D eigenvalue weighted by Crippen LogP contribution is 2.51. The minimum absolute atomic E-state index is 0.0692. The SMILES string of the molecule is COc1cc(-c2cc(C(=O)N3CC[C@H](C(=O)NC4CCC(O)(C(F)(F)F)CC4)CC34CC4)[nH]n2)c(Cl)cn1. The number of aliphatic hydroxyl groups is 1. The predicted molar refractivity (Wildman–Crippen MR) is 131 cm³/mol. The van der Waals surface area contributed by atoms with Crippen LogP contribution in [0.4, 0.5) is 13.2 Å². The Morgan fingerprint density at radius 1 is 1.21 bits per heavy atom. The number of amides is 2. The van der Waals surface area contributed by atoms with Crippen LogP contribution in [0.2, 0.25) is 5.02 Å². The lowest BCUT2D eigenvalue weighted by molar-refractivity contribution is -0.270. The summed E-state index contributed by atoms with van der Waals surface area (Å²) in [5.74, 6) is -0.376. The van der Waals surface area contributed by atoms with Gasteiger partial charge in [-0.05, 0) is 57.4 Å². The van der Waals surface area contributed by atoms with Crippen LogP contribution in [0.3, 0.4) is 0 Å². The van der Waals surface area contributed by atoms with E-state index in [0.717, 1.165) is 12.8 Å². The second kappa shape index (κ2) is 9.71. The number of nitrogens with zero attached hydrogens (tertiary/aromatic N) is 3. The van der Waals surface area contributed by atoms with Gasteiger partial charge in [-0.2, -0.15) is 18.3 Å². The number of nitrogens with one attached hydrogen (secondary N) is 2. The van der Waals surface area contributed by atoms with Crippen molar-refractivity contribution in [3.05, 3.63) is 29.0 Å². The molecule has 0 unspecified atom stereocenters. The zero-order valence-electron chi connectivity index (χ0n) is 20.8. The maximum Gasteiger partial charge on any atom is 0.417 e. The van der Waals surface area contributed by atoms with Gasteiger partial charge in [-0.3, -0.25) is 14.7 Å². The van der Waals surface area contributed by atoms with Gasteiger partial charge < -0.3 is 20.1 Å². The molecule has 2 aromatic heterocycles. The van der Waals surface area contributed by atoms with Crippen molar-refractivity contribution in [3.63, 3.8) is 0 Å². The number of alkyl halides is 3. The van der Waals surface area contributed by atoms with Crippen molar-refractivity contribution >= 4 is 23.4 Å². The normalized spacial score (nSPS) is 26.7. The van der Waals surface area contributed by atoms with E-state index in [1.54, 1.807) is 17.0 Å². The molecule has 1 saturated heterocycles. The van der Waals surface area contributed by atoms with Crippen molar-refractivity contribution in [1.29, 1.82) is 0 Å². The molecule has 2 saturated carbocycles. The molecule has 3 N–H and O–H groups in total. The first kappa shape index (κ1) is 26.7. The van der Waals surface area contributed by atoms with E-state index in [9.17, 15) is 27.9 Å². The first-order chi connectivity index (χ1) is 17.9. The standard InChI is InChI=1S/C25H29ClF3N5O4/c1-38-20-10-16(17(26)13-30-20)18-11-19(33-32-18)22(36)34-9-4-14(12-23(34)7-8-23)21(35)31-15-2-5-24(37,6-3-15)25(27,28)29/h10-11,13-15,37H,2-9,12H2,1H3,(H,31,35)(H,32,33)/t14-,15?,24?/m0/s1. The maximum atomic E-state index is 13.4. The van der Waals surface area contributed by atoms with E-state index in [0.29, 0.717) is 47.2 Å². The Labute approximate surface area is 222 Å². The lowest BCUT2D eigenvalue weighted by Gasteiger charge is -2.41. The summed E-state index contributed by atoms with van der Waals surface area (Å²) < 4.78 is 44.4. The number of ether oxygens (including phenoxy) is 1. The van der Waals surface area contributed by atoms with Gasteiger partial charge in [0.1, 0.15) is 5.69 Å². The zero-order chi connectivity index (χ0) is 27.3. The van der Waals surface area contributed by atoms with Gasteiger partial charge in [0.15, 0.2) is 5.60 Å². The summed E-state index contributed by atoms with van der Waals surface area (Å²) in [6.07, 6.45) is -1.44. The summed E-state index contributed by atoms with van der Waals surface area (Å²) >= 11 is 6.26. The third kappa shape index (κ3) is 4.95. The van der Waals surface area contributed by atoms with Gasteiger partial charge >= 0.3 is 6.18 Å². The minimum atomic E-state index is -4.67. The topological polar surface area (TPSA) is 120 Å². The number of halogens is 4. The highest BCUT2D eigenvalue weighted by atomic mass is 35.5. The van der Waals surface area contributed by atoms with Gasteiger partial charge in [0, 0.05) is 35.7 Å². The Bertz CT molecular complexity index is 1220. The molecule has 1 spiro atoms. The fourth-order valence-corrected chi connectivity index (χ4v) is 5.84. The van der Waals surface area contributed by atoms with E-state index >= 15 is 0 Å². The van der Waals surface area contributed by atoms with Gasteiger partial charge in [-0.25, -0.2) is 4.98 Å². The Balaban J connectivity index is 1.20. The average Bonchev–Trinajstić information content (AvgIpc) is 3.46. The molecule has 1 atom stereocenters. The summed E-state index contributed by atoms with van der Waals surface area (Å²) in [7, 11) is 1.49. The number of carbonyl (C=O) groups is 2. The summed E-state index contributed by atoms with van der Waals surface area (Å²) in [5.41, 5.74) is -1.74. The quantitative estimate of drug-likeness (QED) is 0.515. The van der Waals surface area contributed by atoms with Crippen LogP contribution >= 0.6 is 11.6 Å². The third-order valence-electron chi connectivity index (χ3n) is 8.15. The summed E-state index contributed by atoms with van der Waals surface area (Å²) in [5, 5.41) is 20.2. The smallest absolute Gasteiger partial charge is 0.417 e. The molecule has 3 fully saturated rings. The van der Waals surface area contributed by atoms with Crippen molar-refractivity contribution in [2.24, 2.45) is 5.92 Å². The molecule has 9 nitrogen and oxygen atoms in total. The molecule has 2 aliphatic carbocycles. The molecule has 1 aliphatic heterocycles. The Morgan fingerprint density at radius 3 is 2.55 bits per heavy atom. The van der Waals surface area contributed by atoms with Crippen molar-refractivity contribution in [1.82, 2.24) is 25.4 Å². The van der Waals surface area contributed by atoms with Gasteiger partial charge in [0.25, 0.3) is 5.91 Å². The van der Waals surface area contributed by atoms with Crippen LogP contribution in [0.25, 0.3) is 11.3 Å². The number of H-pyrrole nitrogens is 1. The van der Waals surface area contributed by atoms with E-state index < -0.39 is 36.2 Å². The summed E-state index contributed by atoms with van der Waals surface area (Å²) in [6.45, 7) is 0.383. The monoisotopic (exact) mass is 555 g/mol. The number of methoxy groups -OCH3 is 1. The molecule has 0 radical (unpaired) electrons. The highest BCUT2D eigenvalue weighted by molar-refractivity contribution is 6.33. The number of hydrogen-bond acceptors (Lipinski definition) is 6. The van der Waals surface area contributed by atoms with Crippen molar-refractivity contribution < 1.29 is 32.6 Å². The number of hydrogen-bond donors (Lipinski definition) is 3. The predicted octanol–water partition coefficient (Wildman–Crippen LogP) is 3.87. The van der Waals surface area contributed by atoms with Gasteiger partial charge in [0.2, 0.25) is 11.8 Å². The lowest BCUT2D eigenvalue weighted by atomic mass is 9.81. The Hall–Kier alpha value is -2.86. The maximum absolute atomic E-state index is 13.4. The minimum Gasteiger partial charge on any atom is -0.481 e. The van der Waals surface area contributed by atoms with Gasteiger partial charge in [0.05, 0.1) is 24.0 Å². The van der Waals surface area contributed by atoms with Crippen molar-refractivity contribution in [2.75, 3.05) is 13.7 Å². The molecule has 3 heterocycles. The zero-order valence-corrected chi connectivity index (χ0v) is 21.5. The van der Waals surface area contributed by atoms with Crippen LogP contribution in [-0.2, 0) is 4.79 Å². The largest absolute Gasteiger partial charge is 0.481 e. The fraction of sp³-hybridized carbons (Fsp3) is 0.600. The lowest BCUT2D eigenvalue weighted by Crippen LogP contribution is -2.54. The first-order valence-corrected chi connectivity index (χ1v) is 13.0. The van der Waals surface area contributed by atoms with E-state index in [1.807, 2.05) is 0 Å². The molecular weight excluding hydrogens is 527 g/mol. The summed E-state index contributed by atoms with van der Waals surface area (Å²) in [6, 6.07) is 2.86. The van der Waals surface area contributed by atoms with E-state index in [1.165, 1.54) is 13.3 Å². The highest BCUT2D eigenvalue weighted by Gasteiger charge is 2.56. The average molecular weight is 556 g/mol. The molecule has 2 aromatic rings. The number of carbonyl (C=O) groups excluding carboxylic acids is 2. The van der Waals surface area contributed by atoms with Crippen LogP contribution in [0.15, 0.2) is 18.3 Å². The Kier molecular flexibility index (Phi) is 6.83. The van der Waals surface area contributed by atoms with Crippen molar-refractivity contribution in [3.8, 4) is 17.1 Å². The molecule has 0 aromatic carbocycles. The molecule has 0 bridgehead atoms. The molecule has 38 heavy (non-hydrogen) atoms. The van der Waals surface area contributed by atoms with E-state index in [4.69, 9.17) is 16.3 Å². The van der Waals surface area contributed by atoms with Crippen LogP contribution in [0.5, 0.6) is 5.88 Å². The third-order valence-corrected chi connectivity index (χ3v) is 8.45. The van der Waals surface area contributed by atoms with Crippen LogP contribution in [-0.4, -0.2) is 74.0 Å². The number of rotatable bonds is 5. The van der Waals surface area contributed by atoms with Crippen LogP contribution < -0.4 is 10.1 Å². The van der Waals surface area contributed by atoms with Crippen LogP contribution in [0, 0.1) is 5.92 Å². The number of pyridine rings is 1. The molecular formula is C25H29ClF3N5O4. The first-order valence-electron chi connectivity index (χ1n) is 12.6. The fourth-order valence-electron chi connectivity index (χ4n) is 5.64. The number of aromatic amines is 1. The number of likely N-dealkylation sites (tertiary alicyclic amines) is 1. The molecule has 5 rings (SSSR count).